The predicted molar refractivity (Wildman–Crippen MR) is 58.4 cm³/mol. The van der Waals surface area contributed by atoms with E-state index in [0.29, 0.717) is 6.61 Å². The summed E-state index contributed by atoms with van der Waals surface area (Å²) < 4.78 is 10.7. The summed E-state index contributed by atoms with van der Waals surface area (Å²) in [6.07, 6.45) is 1.02. The first kappa shape index (κ1) is 10.6. The fourth-order valence-electron chi connectivity index (χ4n) is 1.92. The van der Waals surface area contributed by atoms with E-state index in [1.54, 1.807) is 7.11 Å². The summed E-state index contributed by atoms with van der Waals surface area (Å²) in [7, 11) is 1.70. The third-order valence-corrected chi connectivity index (χ3v) is 2.76. The van der Waals surface area contributed by atoms with Crippen LogP contribution in [0.2, 0.25) is 0 Å². The molecule has 15 heavy (non-hydrogen) atoms. The van der Waals surface area contributed by atoms with E-state index in [-0.39, 0.29) is 12.1 Å². The lowest BCUT2D eigenvalue weighted by Gasteiger charge is -2.15. The topological polar surface area (TPSA) is 44.5 Å². The van der Waals surface area contributed by atoms with Gasteiger partial charge in [-0.15, -0.1) is 0 Å². The minimum atomic E-state index is 0.0709. The number of methoxy groups -OCH3 is 1. The number of hydrogen-bond acceptors (Lipinski definition) is 3. The summed E-state index contributed by atoms with van der Waals surface area (Å²) in [4.78, 5) is 0. The van der Waals surface area contributed by atoms with Gasteiger partial charge in [0.05, 0.1) is 12.7 Å². The summed E-state index contributed by atoms with van der Waals surface area (Å²) in [6.45, 7) is 1.42. The SMILES string of the molecule is COCc1ccc(C2OCCC2N)cc1. The molecule has 2 atom stereocenters. The Hall–Kier alpha value is -0.900. The van der Waals surface area contributed by atoms with E-state index < -0.39 is 0 Å². The molecule has 2 unspecified atom stereocenters. The molecule has 1 aliphatic heterocycles. The number of rotatable bonds is 3. The van der Waals surface area contributed by atoms with Crippen LogP contribution in [0.1, 0.15) is 23.7 Å². The van der Waals surface area contributed by atoms with Crippen molar-refractivity contribution in [2.45, 2.75) is 25.2 Å². The fourth-order valence-corrected chi connectivity index (χ4v) is 1.92. The predicted octanol–water partition coefficient (Wildman–Crippen LogP) is 1.62. The van der Waals surface area contributed by atoms with Gasteiger partial charge in [-0.3, -0.25) is 0 Å². The first-order valence-corrected chi connectivity index (χ1v) is 5.26. The lowest BCUT2D eigenvalue weighted by molar-refractivity contribution is 0.105. The van der Waals surface area contributed by atoms with Gasteiger partial charge < -0.3 is 15.2 Å². The molecule has 1 fully saturated rings. The van der Waals surface area contributed by atoms with Crippen LogP contribution < -0.4 is 5.73 Å². The van der Waals surface area contributed by atoms with Crippen LogP contribution in [0.25, 0.3) is 0 Å². The van der Waals surface area contributed by atoms with Gasteiger partial charge in [-0.2, -0.15) is 0 Å². The molecule has 0 bridgehead atoms. The Morgan fingerprint density at radius 1 is 1.40 bits per heavy atom. The number of hydrogen-bond donors (Lipinski definition) is 1. The highest BCUT2D eigenvalue weighted by molar-refractivity contribution is 5.25. The lowest BCUT2D eigenvalue weighted by Crippen LogP contribution is -2.23. The zero-order valence-corrected chi connectivity index (χ0v) is 8.98. The van der Waals surface area contributed by atoms with Crippen molar-refractivity contribution in [1.29, 1.82) is 0 Å². The van der Waals surface area contributed by atoms with E-state index in [0.717, 1.165) is 13.0 Å². The highest BCUT2D eigenvalue weighted by atomic mass is 16.5. The van der Waals surface area contributed by atoms with Gasteiger partial charge in [-0.05, 0) is 17.5 Å². The fraction of sp³-hybridized carbons (Fsp3) is 0.500. The third kappa shape index (κ3) is 2.37. The van der Waals surface area contributed by atoms with Gasteiger partial charge in [-0.1, -0.05) is 24.3 Å². The average molecular weight is 207 g/mol. The molecule has 1 saturated heterocycles. The molecule has 1 aliphatic rings. The molecule has 2 N–H and O–H groups in total. The van der Waals surface area contributed by atoms with Crippen LogP contribution in [-0.2, 0) is 16.1 Å². The van der Waals surface area contributed by atoms with E-state index in [1.165, 1.54) is 11.1 Å². The molecular formula is C12H17NO2. The molecule has 1 heterocycles. The normalized spacial score (nSPS) is 25.7. The van der Waals surface area contributed by atoms with Crippen molar-refractivity contribution in [2.24, 2.45) is 5.73 Å². The van der Waals surface area contributed by atoms with Crippen LogP contribution in [-0.4, -0.2) is 19.8 Å². The van der Waals surface area contributed by atoms with Crippen LogP contribution in [0.15, 0.2) is 24.3 Å². The van der Waals surface area contributed by atoms with Crippen molar-refractivity contribution in [3.8, 4) is 0 Å². The zero-order valence-electron chi connectivity index (χ0n) is 8.98. The quantitative estimate of drug-likeness (QED) is 0.819. The van der Waals surface area contributed by atoms with Crippen LogP contribution in [0, 0.1) is 0 Å². The van der Waals surface area contributed by atoms with Gasteiger partial charge in [0.1, 0.15) is 0 Å². The molecule has 3 heteroatoms. The van der Waals surface area contributed by atoms with Crippen molar-refractivity contribution in [3.05, 3.63) is 35.4 Å². The number of nitrogens with two attached hydrogens (primary N) is 1. The Bertz CT molecular complexity index is 310. The summed E-state index contributed by atoms with van der Waals surface area (Å²) in [5.41, 5.74) is 8.30. The van der Waals surface area contributed by atoms with Crippen LogP contribution >= 0.6 is 0 Å². The summed E-state index contributed by atoms with van der Waals surface area (Å²) in [5.74, 6) is 0. The van der Waals surface area contributed by atoms with Gasteiger partial charge in [0.25, 0.3) is 0 Å². The largest absolute Gasteiger partial charge is 0.380 e. The molecule has 1 aromatic rings. The minimum Gasteiger partial charge on any atom is -0.380 e. The second kappa shape index (κ2) is 4.75. The first-order chi connectivity index (χ1) is 7.31. The monoisotopic (exact) mass is 207 g/mol. The van der Waals surface area contributed by atoms with Crippen LogP contribution in [0.4, 0.5) is 0 Å². The highest BCUT2D eigenvalue weighted by Crippen LogP contribution is 2.27. The van der Waals surface area contributed by atoms with E-state index >= 15 is 0 Å². The van der Waals surface area contributed by atoms with E-state index in [4.69, 9.17) is 15.2 Å². The Kier molecular flexibility index (Phi) is 3.36. The number of benzene rings is 1. The van der Waals surface area contributed by atoms with E-state index in [9.17, 15) is 0 Å². The average Bonchev–Trinajstić information content (AvgIpc) is 2.66. The standard InChI is InChI=1S/C12H17NO2/c1-14-8-9-2-4-10(5-3-9)12-11(13)6-7-15-12/h2-5,11-12H,6-8,13H2,1H3. The van der Waals surface area contributed by atoms with Crippen LogP contribution in [0.5, 0.6) is 0 Å². The lowest BCUT2D eigenvalue weighted by atomic mass is 10.0. The van der Waals surface area contributed by atoms with Crippen molar-refractivity contribution in [2.75, 3.05) is 13.7 Å². The molecule has 82 valence electrons. The molecule has 0 aliphatic carbocycles. The molecule has 3 nitrogen and oxygen atoms in total. The maximum Gasteiger partial charge on any atom is 0.0976 e. The minimum absolute atomic E-state index is 0.0709. The second-order valence-electron chi connectivity index (χ2n) is 3.92. The van der Waals surface area contributed by atoms with Crippen LogP contribution in [0.3, 0.4) is 0 Å². The smallest absolute Gasteiger partial charge is 0.0976 e. The Morgan fingerprint density at radius 3 is 2.67 bits per heavy atom. The second-order valence-corrected chi connectivity index (χ2v) is 3.92. The third-order valence-electron chi connectivity index (χ3n) is 2.76. The van der Waals surface area contributed by atoms with E-state index in [1.807, 2.05) is 0 Å². The highest BCUT2D eigenvalue weighted by Gasteiger charge is 2.25. The maximum absolute atomic E-state index is 5.96. The molecule has 0 aromatic heterocycles. The zero-order chi connectivity index (χ0) is 10.7. The van der Waals surface area contributed by atoms with Gasteiger partial charge in [0.2, 0.25) is 0 Å². The molecule has 2 rings (SSSR count). The molecule has 0 spiro atoms. The van der Waals surface area contributed by atoms with Gasteiger partial charge in [0.15, 0.2) is 0 Å². The molecule has 0 saturated carbocycles. The van der Waals surface area contributed by atoms with Gasteiger partial charge >= 0.3 is 0 Å². The maximum atomic E-state index is 5.96. The van der Waals surface area contributed by atoms with Gasteiger partial charge in [-0.25, -0.2) is 0 Å². The summed E-state index contributed by atoms with van der Waals surface area (Å²) in [5, 5.41) is 0. The number of ether oxygens (including phenoxy) is 2. The molecular weight excluding hydrogens is 190 g/mol. The van der Waals surface area contributed by atoms with Crippen molar-refractivity contribution < 1.29 is 9.47 Å². The van der Waals surface area contributed by atoms with E-state index in [2.05, 4.69) is 24.3 Å². The first-order valence-electron chi connectivity index (χ1n) is 5.26. The summed E-state index contributed by atoms with van der Waals surface area (Å²) >= 11 is 0. The summed E-state index contributed by atoms with van der Waals surface area (Å²) in [6, 6.07) is 8.41. The Balaban J connectivity index is 2.09. The molecule has 0 radical (unpaired) electrons. The van der Waals surface area contributed by atoms with Gasteiger partial charge in [0, 0.05) is 19.8 Å². The Labute approximate surface area is 90.2 Å². The molecule has 1 aromatic carbocycles. The van der Waals surface area contributed by atoms with Crippen molar-refractivity contribution in [1.82, 2.24) is 0 Å². The van der Waals surface area contributed by atoms with Crippen molar-refractivity contribution >= 4 is 0 Å². The Morgan fingerprint density at radius 2 is 2.13 bits per heavy atom. The van der Waals surface area contributed by atoms with Crippen molar-refractivity contribution in [3.63, 3.8) is 0 Å². The molecule has 0 amide bonds.